The van der Waals surface area contributed by atoms with E-state index in [1.165, 1.54) is 0 Å². The maximum atomic E-state index is 12.3. The molecule has 0 bridgehead atoms. The first-order chi connectivity index (χ1) is 10.3. The summed E-state index contributed by atoms with van der Waals surface area (Å²) >= 11 is 0. The Kier molecular flexibility index (Phi) is 4.90. The lowest BCUT2D eigenvalue weighted by molar-refractivity contribution is -0.121. The fraction of sp³-hybridized carbons (Fsp3) is 0.500. The van der Waals surface area contributed by atoms with Gasteiger partial charge in [-0.3, -0.25) is 9.78 Å². The summed E-state index contributed by atoms with van der Waals surface area (Å²) in [5.41, 5.74) is 2.29. The average molecular weight is 302 g/mol. The Hall–Kier alpha value is -2.24. The number of carbonyl (C=O) groups excluding carboxylic acids is 1. The lowest BCUT2D eigenvalue weighted by atomic mass is 9.85. The Morgan fingerprint density at radius 2 is 2.14 bits per heavy atom. The van der Waals surface area contributed by atoms with E-state index < -0.39 is 0 Å². The highest BCUT2D eigenvalue weighted by molar-refractivity contribution is 5.78. The second kappa shape index (κ2) is 6.68. The van der Waals surface area contributed by atoms with Crippen LogP contribution in [0.25, 0.3) is 0 Å². The molecule has 6 nitrogen and oxygen atoms in total. The van der Waals surface area contributed by atoms with Gasteiger partial charge in [-0.05, 0) is 30.4 Å². The summed E-state index contributed by atoms with van der Waals surface area (Å²) in [5.74, 6) is -0.100. The van der Waals surface area contributed by atoms with E-state index in [9.17, 15) is 4.79 Å². The average Bonchev–Trinajstić information content (AvgIpc) is 2.83. The molecular formula is C16H22N4O2. The number of hydrogen-bond acceptors (Lipinski definition) is 5. The SMILES string of the molecule is Cc1nonc1CC(=O)NC(CC(C)(C)C)c1cccnc1. The number of pyridine rings is 1. The van der Waals surface area contributed by atoms with E-state index in [1.54, 1.807) is 19.3 Å². The molecule has 6 heteroatoms. The molecule has 2 rings (SSSR count). The second-order valence-corrected chi connectivity index (χ2v) is 6.64. The van der Waals surface area contributed by atoms with Gasteiger partial charge in [0.2, 0.25) is 5.91 Å². The first kappa shape index (κ1) is 16.1. The zero-order chi connectivity index (χ0) is 16.2. The van der Waals surface area contributed by atoms with Crippen molar-refractivity contribution in [1.29, 1.82) is 0 Å². The summed E-state index contributed by atoms with van der Waals surface area (Å²) in [7, 11) is 0. The Bertz CT molecular complexity index is 617. The van der Waals surface area contributed by atoms with Gasteiger partial charge < -0.3 is 5.32 Å². The van der Waals surface area contributed by atoms with Crippen LogP contribution in [0.4, 0.5) is 0 Å². The van der Waals surface area contributed by atoms with Crippen molar-refractivity contribution in [3.63, 3.8) is 0 Å². The minimum absolute atomic E-state index is 0.0821. The molecular weight excluding hydrogens is 280 g/mol. The number of carbonyl (C=O) groups is 1. The van der Waals surface area contributed by atoms with E-state index >= 15 is 0 Å². The van der Waals surface area contributed by atoms with E-state index in [2.05, 4.69) is 46.0 Å². The Balaban J connectivity index is 2.09. The van der Waals surface area contributed by atoms with Crippen molar-refractivity contribution in [2.75, 3.05) is 0 Å². The van der Waals surface area contributed by atoms with E-state index in [0.29, 0.717) is 11.4 Å². The van der Waals surface area contributed by atoms with Crippen LogP contribution in [0.2, 0.25) is 0 Å². The summed E-state index contributed by atoms with van der Waals surface area (Å²) in [5, 5.41) is 10.5. The smallest absolute Gasteiger partial charge is 0.226 e. The summed E-state index contributed by atoms with van der Waals surface area (Å²) in [6.45, 7) is 8.21. The van der Waals surface area contributed by atoms with Crippen LogP contribution in [0.3, 0.4) is 0 Å². The molecule has 2 aromatic rings. The van der Waals surface area contributed by atoms with Gasteiger partial charge in [0, 0.05) is 12.4 Å². The van der Waals surface area contributed by atoms with E-state index in [4.69, 9.17) is 0 Å². The lowest BCUT2D eigenvalue weighted by Crippen LogP contribution is -2.32. The fourth-order valence-corrected chi connectivity index (χ4v) is 2.25. The number of aromatic nitrogens is 3. The number of nitrogens with zero attached hydrogens (tertiary/aromatic N) is 3. The van der Waals surface area contributed by atoms with Crippen LogP contribution < -0.4 is 5.32 Å². The van der Waals surface area contributed by atoms with Crippen LogP contribution in [-0.2, 0) is 11.2 Å². The molecule has 0 aliphatic rings. The summed E-state index contributed by atoms with van der Waals surface area (Å²) in [6, 6.07) is 3.77. The first-order valence-electron chi connectivity index (χ1n) is 7.32. The van der Waals surface area contributed by atoms with Gasteiger partial charge >= 0.3 is 0 Å². The molecule has 2 heterocycles. The van der Waals surface area contributed by atoms with Crippen molar-refractivity contribution >= 4 is 5.91 Å². The number of rotatable bonds is 5. The molecule has 0 saturated heterocycles. The van der Waals surface area contributed by atoms with Crippen molar-refractivity contribution in [3.05, 3.63) is 41.5 Å². The van der Waals surface area contributed by atoms with Crippen LogP contribution in [0.15, 0.2) is 29.2 Å². The molecule has 1 amide bonds. The largest absolute Gasteiger partial charge is 0.349 e. The molecule has 1 unspecified atom stereocenters. The monoisotopic (exact) mass is 302 g/mol. The highest BCUT2D eigenvalue weighted by atomic mass is 16.6. The predicted octanol–water partition coefficient (Wildman–Crippen LogP) is 2.61. The van der Waals surface area contributed by atoms with Gasteiger partial charge in [0.05, 0.1) is 12.5 Å². The summed E-state index contributed by atoms with van der Waals surface area (Å²) in [6.07, 6.45) is 4.50. The molecule has 22 heavy (non-hydrogen) atoms. The minimum atomic E-state index is -0.100. The van der Waals surface area contributed by atoms with Crippen molar-refractivity contribution in [1.82, 2.24) is 20.6 Å². The van der Waals surface area contributed by atoms with Crippen LogP contribution in [0, 0.1) is 12.3 Å². The van der Waals surface area contributed by atoms with E-state index in [-0.39, 0.29) is 23.8 Å². The molecule has 1 N–H and O–H groups in total. The van der Waals surface area contributed by atoms with Crippen LogP contribution in [0.1, 0.15) is 50.2 Å². The topological polar surface area (TPSA) is 80.9 Å². The van der Waals surface area contributed by atoms with E-state index in [1.807, 2.05) is 12.1 Å². The van der Waals surface area contributed by atoms with Crippen molar-refractivity contribution < 1.29 is 9.42 Å². The van der Waals surface area contributed by atoms with Gasteiger partial charge in [-0.15, -0.1) is 0 Å². The minimum Gasteiger partial charge on any atom is -0.349 e. The van der Waals surface area contributed by atoms with Gasteiger partial charge in [-0.1, -0.05) is 37.2 Å². The molecule has 1 atom stereocenters. The van der Waals surface area contributed by atoms with E-state index in [0.717, 1.165) is 12.0 Å². The Morgan fingerprint density at radius 3 is 2.68 bits per heavy atom. The van der Waals surface area contributed by atoms with Gasteiger partial charge in [0.25, 0.3) is 0 Å². The van der Waals surface area contributed by atoms with Crippen LogP contribution >= 0.6 is 0 Å². The zero-order valence-electron chi connectivity index (χ0n) is 13.5. The van der Waals surface area contributed by atoms with Gasteiger partial charge in [0.1, 0.15) is 11.4 Å². The predicted molar refractivity (Wildman–Crippen MR) is 81.9 cm³/mol. The lowest BCUT2D eigenvalue weighted by Gasteiger charge is -2.27. The standard InChI is InChI=1S/C16H22N4O2/c1-11-13(20-22-19-11)8-15(21)18-14(9-16(2,3)4)12-6-5-7-17-10-12/h5-7,10,14H,8-9H2,1-4H3,(H,18,21). The summed E-state index contributed by atoms with van der Waals surface area (Å²) < 4.78 is 4.63. The molecule has 0 radical (unpaired) electrons. The first-order valence-corrected chi connectivity index (χ1v) is 7.32. The number of aryl methyl sites for hydroxylation is 1. The number of nitrogens with one attached hydrogen (secondary N) is 1. The Labute approximate surface area is 130 Å². The quantitative estimate of drug-likeness (QED) is 0.918. The second-order valence-electron chi connectivity index (χ2n) is 6.64. The highest BCUT2D eigenvalue weighted by Crippen LogP contribution is 2.29. The van der Waals surface area contributed by atoms with Crippen LogP contribution in [-0.4, -0.2) is 21.2 Å². The molecule has 0 aromatic carbocycles. The summed E-state index contributed by atoms with van der Waals surface area (Å²) in [4.78, 5) is 16.4. The molecule has 2 aromatic heterocycles. The maximum absolute atomic E-state index is 12.3. The molecule has 0 saturated carbocycles. The third kappa shape index (κ3) is 4.65. The number of amides is 1. The normalized spacial score (nSPS) is 12.9. The molecule has 118 valence electrons. The molecule has 0 spiro atoms. The Morgan fingerprint density at radius 1 is 1.36 bits per heavy atom. The third-order valence-electron chi connectivity index (χ3n) is 3.31. The zero-order valence-corrected chi connectivity index (χ0v) is 13.5. The van der Waals surface area contributed by atoms with Gasteiger partial charge in [-0.25, -0.2) is 4.63 Å². The third-order valence-corrected chi connectivity index (χ3v) is 3.31. The molecule has 0 aliphatic heterocycles. The maximum Gasteiger partial charge on any atom is 0.226 e. The van der Waals surface area contributed by atoms with Crippen LogP contribution in [0.5, 0.6) is 0 Å². The van der Waals surface area contributed by atoms with Gasteiger partial charge in [-0.2, -0.15) is 0 Å². The van der Waals surface area contributed by atoms with Crippen molar-refractivity contribution in [2.45, 2.75) is 46.6 Å². The highest BCUT2D eigenvalue weighted by Gasteiger charge is 2.23. The van der Waals surface area contributed by atoms with Crippen molar-refractivity contribution in [3.8, 4) is 0 Å². The number of hydrogen-bond donors (Lipinski definition) is 1. The molecule has 0 fully saturated rings. The molecule has 0 aliphatic carbocycles. The fourth-order valence-electron chi connectivity index (χ4n) is 2.25. The van der Waals surface area contributed by atoms with Gasteiger partial charge in [0.15, 0.2) is 0 Å². The van der Waals surface area contributed by atoms with Crippen molar-refractivity contribution in [2.24, 2.45) is 5.41 Å².